The number of amides is 4. The van der Waals surface area contributed by atoms with Crippen molar-refractivity contribution in [3.63, 3.8) is 0 Å². The number of methoxy groups -OCH3 is 2. The Morgan fingerprint density at radius 1 is 0.839 bits per heavy atom. The van der Waals surface area contributed by atoms with Crippen molar-refractivity contribution >= 4 is 35.0 Å². The molecule has 2 aromatic carbocycles. The summed E-state index contributed by atoms with van der Waals surface area (Å²) in [5, 5.41) is 5.42. The van der Waals surface area contributed by atoms with E-state index in [-0.39, 0.29) is 35.7 Å². The first kappa shape index (κ1) is 38.4. The normalized spacial score (nSPS) is 22.3. The van der Waals surface area contributed by atoms with Gasteiger partial charge in [0.1, 0.15) is 23.7 Å². The van der Waals surface area contributed by atoms with Crippen molar-refractivity contribution < 1.29 is 28.7 Å². The molecule has 4 N–H and O–H groups in total. The summed E-state index contributed by atoms with van der Waals surface area (Å²) in [5.74, 6) is 8.68. The van der Waals surface area contributed by atoms with Gasteiger partial charge in [-0.25, -0.2) is 19.6 Å². The van der Waals surface area contributed by atoms with Gasteiger partial charge in [0.25, 0.3) is 0 Å². The fourth-order valence-electron chi connectivity index (χ4n) is 8.33. The standard InChI is InChI=1S/C42H50N8O6/c1-22(2)34(47-41(53)55-6)39(51)49-18-8-9-32(49)37-43-20-31(46-37)27-15-12-25(13-16-27)10-11-26-14-17-29-30(19-26)45-38(44-29)36-33-24(5)28(33)21-50(36)40(52)35(23(3)4)48-42(54)56-7/h12-17,19-20,22-24,28,32-36H,8-9,18,21H2,1-7H3,(H,43,46)(H,44,45)(H,47,53)(H,48,54)/t24-,28?,32-,33?,34-,35-,36-/m0/s1. The SMILES string of the molecule is COC(=O)N[C@H](C(=O)N1CC2C([C@H]2C)[C@H]1c1nc2cc(C#Cc3ccc(-c4c[nH]c([C@@H]5CCCN5C(=O)[C@@H](NC(=O)OC)C(C)C)n4)cc3)ccc2[nH]1)C(C)C. The van der Waals surface area contributed by atoms with Gasteiger partial charge in [-0.2, -0.15) is 0 Å². The summed E-state index contributed by atoms with van der Waals surface area (Å²) < 4.78 is 9.55. The minimum absolute atomic E-state index is 0.110. The van der Waals surface area contributed by atoms with Gasteiger partial charge in [0.15, 0.2) is 0 Å². The molecule has 14 heteroatoms. The molecule has 3 fully saturated rings. The Hall–Kier alpha value is -5.84. The molecule has 7 atom stereocenters. The molecule has 7 rings (SSSR count). The number of likely N-dealkylation sites (tertiary alicyclic amines) is 2. The van der Waals surface area contributed by atoms with Crippen LogP contribution >= 0.6 is 0 Å². The van der Waals surface area contributed by atoms with Crippen LogP contribution in [0.15, 0.2) is 48.7 Å². The third kappa shape index (κ3) is 7.54. The molecule has 294 valence electrons. The number of nitrogens with one attached hydrogen (secondary N) is 4. The van der Waals surface area contributed by atoms with Crippen molar-refractivity contribution in [2.45, 2.75) is 71.6 Å². The fraction of sp³-hybridized carbons (Fsp3) is 0.476. The second kappa shape index (κ2) is 15.7. The first-order chi connectivity index (χ1) is 26.9. The zero-order valence-corrected chi connectivity index (χ0v) is 32.9. The summed E-state index contributed by atoms with van der Waals surface area (Å²) in [4.78, 5) is 71.6. The summed E-state index contributed by atoms with van der Waals surface area (Å²) in [6.45, 7) is 11.1. The van der Waals surface area contributed by atoms with Crippen LogP contribution in [0.5, 0.6) is 0 Å². The number of piperidine rings is 1. The molecular weight excluding hydrogens is 713 g/mol. The first-order valence-corrected chi connectivity index (χ1v) is 19.4. The van der Waals surface area contributed by atoms with Gasteiger partial charge in [0.2, 0.25) is 11.8 Å². The average Bonchev–Trinajstić information content (AvgIpc) is 3.83. The Labute approximate surface area is 326 Å². The van der Waals surface area contributed by atoms with E-state index in [4.69, 9.17) is 19.4 Å². The van der Waals surface area contributed by atoms with Crippen molar-refractivity contribution in [2.24, 2.45) is 29.6 Å². The number of H-pyrrole nitrogens is 2. The zero-order chi connectivity index (χ0) is 39.8. The van der Waals surface area contributed by atoms with Crippen LogP contribution in [0, 0.1) is 41.4 Å². The van der Waals surface area contributed by atoms with Crippen molar-refractivity contribution in [2.75, 3.05) is 27.3 Å². The molecule has 4 heterocycles. The number of hydrogen-bond donors (Lipinski definition) is 4. The van der Waals surface area contributed by atoms with Gasteiger partial charge in [0.05, 0.1) is 43.0 Å². The lowest BCUT2D eigenvalue weighted by molar-refractivity contribution is -0.137. The third-order valence-electron chi connectivity index (χ3n) is 11.6. The lowest BCUT2D eigenvalue weighted by atomic mass is 10.0. The number of benzene rings is 2. The predicted octanol–water partition coefficient (Wildman–Crippen LogP) is 5.54. The van der Waals surface area contributed by atoms with Crippen LogP contribution < -0.4 is 10.6 Å². The molecule has 2 unspecified atom stereocenters. The second-order valence-corrected chi connectivity index (χ2v) is 15.8. The topological polar surface area (TPSA) is 175 Å². The molecular formula is C42H50N8O6. The van der Waals surface area contributed by atoms with Crippen molar-refractivity contribution in [1.82, 2.24) is 40.4 Å². The number of nitrogens with zero attached hydrogens (tertiary/aromatic N) is 4. The molecule has 2 saturated heterocycles. The highest BCUT2D eigenvalue weighted by atomic mass is 16.5. The molecule has 0 bridgehead atoms. The second-order valence-electron chi connectivity index (χ2n) is 15.8. The maximum atomic E-state index is 13.8. The molecule has 2 aromatic heterocycles. The number of carbonyl (C=O) groups is 4. The van der Waals surface area contributed by atoms with Gasteiger partial charge >= 0.3 is 12.2 Å². The van der Waals surface area contributed by atoms with Crippen LogP contribution in [0.25, 0.3) is 22.3 Å². The van der Waals surface area contributed by atoms with Crippen LogP contribution in [0.4, 0.5) is 9.59 Å². The van der Waals surface area contributed by atoms with E-state index in [2.05, 4.69) is 39.4 Å². The van der Waals surface area contributed by atoms with E-state index >= 15 is 0 Å². The monoisotopic (exact) mass is 762 g/mol. The molecule has 0 radical (unpaired) electrons. The lowest BCUT2D eigenvalue weighted by Crippen LogP contribution is -2.52. The molecule has 14 nitrogen and oxygen atoms in total. The number of fused-ring (bicyclic) bond motifs is 2. The molecule has 4 amide bonds. The number of hydrogen-bond acceptors (Lipinski definition) is 8. The first-order valence-electron chi connectivity index (χ1n) is 19.4. The summed E-state index contributed by atoms with van der Waals surface area (Å²) in [6, 6.07) is 11.9. The highest BCUT2D eigenvalue weighted by Gasteiger charge is 2.61. The highest BCUT2D eigenvalue weighted by molar-refractivity contribution is 5.87. The van der Waals surface area contributed by atoms with Gasteiger partial charge in [0, 0.05) is 36.0 Å². The molecule has 56 heavy (non-hydrogen) atoms. The number of alkyl carbamates (subject to hydrolysis) is 2. The van der Waals surface area contributed by atoms with Gasteiger partial charge < -0.3 is 39.9 Å². The van der Waals surface area contributed by atoms with E-state index in [1.54, 1.807) is 4.90 Å². The van der Waals surface area contributed by atoms with Crippen LogP contribution in [-0.2, 0) is 19.1 Å². The largest absolute Gasteiger partial charge is 0.453 e. The van der Waals surface area contributed by atoms with Crippen LogP contribution in [0.1, 0.15) is 82.3 Å². The number of rotatable bonds is 9. The van der Waals surface area contributed by atoms with Crippen molar-refractivity contribution in [3.05, 3.63) is 71.4 Å². The van der Waals surface area contributed by atoms with Crippen molar-refractivity contribution in [3.8, 4) is 23.1 Å². The van der Waals surface area contributed by atoms with Crippen molar-refractivity contribution in [1.29, 1.82) is 0 Å². The maximum Gasteiger partial charge on any atom is 0.407 e. The Morgan fingerprint density at radius 2 is 1.46 bits per heavy atom. The Bertz CT molecular complexity index is 2180. The molecule has 1 saturated carbocycles. The smallest absolute Gasteiger partial charge is 0.407 e. The van der Waals surface area contributed by atoms with Crippen LogP contribution in [0.3, 0.4) is 0 Å². The zero-order valence-electron chi connectivity index (χ0n) is 32.9. The van der Waals surface area contributed by atoms with E-state index < -0.39 is 24.3 Å². The molecule has 3 aliphatic rings. The highest BCUT2D eigenvalue weighted by Crippen LogP contribution is 2.60. The number of aromatic nitrogens is 4. The molecule has 1 aliphatic carbocycles. The molecule has 0 spiro atoms. The predicted molar refractivity (Wildman–Crippen MR) is 209 cm³/mol. The van der Waals surface area contributed by atoms with Gasteiger partial charge in [-0.3, -0.25) is 9.59 Å². The lowest BCUT2D eigenvalue weighted by Gasteiger charge is -2.32. The summed E-state index contributed by atoms with van der Waals surface area (Å²) in [6.07, 6.45) is 2.21. The van der Waals surface area contributed by atoms with E-state index in [1.165, 1.54) is 14.2 Å². The maximum absolute atomic E-state index is 13.8. The third-order valence-corrected chi connectivity index (χ3v) is 11.6. The molecule has 2 aliphatic heterocycles. The van der Waals surface area contributed by atoms with Gasteiger partial charge in [-0.05, 0) is 72.8 Å². The summed E-state index contributed by atoms with van der Waals surface area (Å²) >= 11 is 0. The van der Waals surface area contributed by atoms with E-state index in [0.29, 0.717) is 36.7 Å². The summed E-state index contributed by atoms with van der Waals surface area (Å²) in [7, 11) is 2.58. The van der Waals surface area contributed by atoms with Crippen LogP contribution in [0.2, 0.25) is 0 Å². The quantitative estimate of drug-likeness (QED) is 0.161. The minimum Gasteiger partial charge on any atom is -0.453 e. The number of aromatic amines is 2. The van der Waals surface area contributed by atoms with Gasteiger partial charge in [-0.1, -0.05) is 58.6 Å². The number of ether oxygens (including phenoxy) is 2. The van der Waals surface area contributed by atoms with Crippen LogP contribution in [-0.4, -0.2) is 93.1 Å². The van der Waals surface area contributed by atoms with Gasteiger partial charge in [-0.15, -0.1) is 0 Å². The average molecular weight is 763 g/mol. The Morgan fingerprint density at radius 3 is 2.11 bits per heavy atom. The minimum atomic E-state index is -0.697. The molecule has 4 aromatic rings. The van der Waals surface area contributed by atoms with E-state index in [1.807, 2.05) is 81.3 Å². The fourth-order valence-corrected chi connectivity index (χ4v) is 8.33. The van der Waals surface area contributed by atoms with E-state index in [9.17, 15) is 19.2 Å². The van der Waals surface area contributed by atoms with E-state index in [0.717, 1.165) is 52.1 Å². The number of imidazole rings is 2. The number of carbonyl (C=O) groups excluding carboxylic acids is 4. The Balaban J connectivity index is 1.03. The Kier molecular flexibility index (Phi) is 10.8. The summed E-state index contributed by atoms with van der Waals surface area (Å²) in [5.41, 5.74) is 4.98.